The first kappa shape index (κ1) is 15.6. The van der Waals surface area contributed by atoms with Crippen LogP contribution in [0.5, 0.6) is 5.75 Å². The van der Waals surface area contributed by atoms with Crippen LogP contribution in [0.2, 0.25) is 0 Å². The number of thioether (sulfide) groups is 1. The zero-order chi connectivity index (χ0) is 14.4. The highest BCUT2D eigenvalue weighted by atomic mass is 32.2. The zero-order valence-corrected chi connectivity index (χ0v) is 12.7. The minimum Gasteiger partial charge on any atom is -0.494 e. The summed E-state index contributed by atoms with van der Waals surface area (Å²) < 4.78 is 18.6. The third kappa shape index (κ3) is 4.36. The summed E-state index contributed by atoms with van der Waals surface area (Å²) >= 11 is 1.99. The van der Waals surface area contributed by atoms with Crippen LogP contribution in [0.3, 0.4) is 0 Å². The first-order chi connectivity index (χ1) is 9.72. The maximum Gasteiger partial charge on any atom is 0.165 e. The molecule has 5 heteroatoms. The molecule has 2 rings (SSSR count). The van der Waals surface area contributed by atoms with Crippen molar-refractivity contribution >= 4 is 11.8 Å². The average Bonchev–Trinajstić information content (AvgIpc) is 2.97. The van der Waals surface area contributed by atoms with E-state index in [4.69, 9.17) is 10.6 Å². The second-order valence-corrected chi connectivity index (χ2v) is 6.61. The van der Waals surface area contributed by atoms with Gasteiger partial charge in [0.2, 0.25) is 0 Å². The molecule has 0 heterocycles. The van der Waals surface area contributed by atoms with Crippen LogP contribution in [-0.4, -0.2) is 24.2 Å². The van der Waals surface area contributed by atoms with Gasteiger partial charge in [-0.25, -0.2) is 4.39 Å². The van der Waals surface area contributed by atoms with Gasteiger partial charge < -0.3 is 4.74 Å². The SMILES string of the molecule is COc1ccc(CC(CSC2CCCC2)NN)cc1F. The molecule has 1 aromatic rings. The first-order valence-corrected chi connectivity index (χ1v) is 8.18. The van der Waals surface area contributed by atoms with E-state index in [1.165, 1.54) is 38.9 Å². The van der Waals surface area contributed by atoms with Crippen LogP contribution in [0.15, 0.2) is 18.2 Å². The number of rotatable bonds is 7. The summed E-state index contributed by atoms with van der Waals surface area (Å²) in [7, 11) is 1.47. The summed E-state index contributed by atoms with van der Waals surface area (Å²) in [5, 5.41) is 0.776. The number of nitrogens with two attached hydrogens (primary N) is 1. The van der Waals surface area contributed by atoms with Gasteiger partial charge in [-0.3, -0.25) is 11.3 Å². The molecule has 0 saturated heterocycles. The van der Waals surface area contributed by atoms with E-state index in [0.717, 1.165) is 23.0 Å². The summed E-state index contributed by atoms with van der Waals surface area (Å²) in [5.74, 6) is 6.55. The number of hydrogen-bond donors (Lipinski definition) is 2. The number of benzene rings is 1. The zero-order valence-electron chi connectivity index (χ0n) is 11.9. The van der Waals surface area contributed by atoms with Gasteiger partial charge in [-0.2, -0.15) is 11.8 Å². The molecule has 3 N–H and O–H groups in total. The molecule has 0 aromatic heterocycles. The van der Waals surface area contributed by atoms with Crippen LogP contribution in [-0.2, 0) is 6.42 Å². The molecule has 0 radical (unpaired) electrons. The van der Waals surface area contributed by atoms with E-state index in [9.17, 15) is 4.39 Å². The molecule has 0 bridgehead atoms. The molecule has 112 valence electrons. The Morgan fingerprint density at radius 1 is 1.45 bits per heavy atom. The van der Waals surface area contributed by atoms with Gasteiger partial charge in [0.05, 0.1) is 7.11 Å². The molecule has 0 amide bonds. The average molecular weight is 298 g/mol. The lowest BCUT2D eigenvalue weighted by Crippen LogP contribution is -2.39. The van der Waals surface area contributed by atoms with E-state index in [1.54, 1.807) is 6.07 Å². The molecular formula is C15H23FN2OS. The molecule has 1 saturated carbocycles. The summed E-state index contributed by atoms with van der Waals surface area (Å²) in [6.07, 6.45) is 6.07. The van der Waals surface area contributed by atoms with Crippen molar-refractivity contribution in [3.8, 4) is 5.75 Å². The number of methoxy groups -OCH3 is 1. The van der Waals surface area contributed by atoms with E-state index in [1.807, 2.05) is 17.8 Å². The fourth-order valence-electron chi connectivity index (χ4n) is 2.59. The Labute approximate surface area is 124 Å². The van der Waals surface area contributed by atoms with Gasteiger partial charge in [0.25, 0.3) is 0 Å². The number of ether oxygens (including phenoxy) is 1. The van der Waals surface area contributed by atoms with Crippen molar-refractivity contribution < 1.29 is 9.13 Å². The van der Waals surface area contributed by atoms with Crippen LogP contribution in [0.4, 0.5) is 4.39 Å². The lowest BCUT2D eigenvalue weighted by Gasteiger charge is -2.18. The molecule has 1 aromatic carbocycles. The topological polar surface area (TPSA) is 47.3 Å². The summed E-state index contributed by atoms with van der Waals surface area (Å²) in [4.78, 5) is 0. The van der Waals surface area contributed by atoms with Gasteiger partial charge in [-0.15, -0.1) is 0 Å². The lowest BCUT2D eigenvalue weighted by molar-refractivity contribution is 0.386. The van der Waals surface area contributed by atoms with Crippen molar-refractivity contribution in [2.75, 3.05) is 12.9 Å². The molecule has 20 heavy (non-hydrogen) atoms. The van der Waals surface area contributed by atoms with E-state index < -0.39 is 0 Å². The van der Waals surface area contributed by atoms with E-state index in [-0.39, 0.29) is 17.6 Å². The minimum atomic E-state index is -0.316. The Morgan fingerprint density at radius 3 is 2.80 bits per heavy atom. The highest BCUT2D eigenvalue weighted by Crippen LogP contribution is 2.30. The molecule has 0 spiro atoms. The lowest BCUT2D eigenvalue weighted by atomic mass is 10.1. The number of hydrazine groups is 1. The fourth-order valence-corrected chi connectivity index (χ4v) is 3.98. The maximum absolute atomic E-state index is 13.7. The largest absolute Gasteiger partial charge is 0.494 e. The Morgan fingerprint density at radius 2 is 2.20 bits per heavy atom. The monoisotopic (exact) mass is 298 g/mol. The molecule has 1 atom stereocenters. The van der Waals surface area contributed by atoms with Crippen molar-refractivity contribution in [2.24, 2.45) is 5.84 Å². The predicted molar refractivity (Wildman–Crippen MR) is 82.5 cm³/mol. The number of hydrogen-bond acceptors (Lipinski definition) is 4. The highest BCUT2D eigenvalue weighted by Gasteiger charge is 2.18. The van der Waals surface area contributed by atoms with Gasteiger partial charge in [0.15, 0.2) is 11.6 Å². The van der Waals surface area contributed by atoms with Gasteiger partial charge >= 0.3 is 0 Å². The van der Waals surface area contributed by atoms with Crippen LogP contribution in [0.25, 0.3) is 0 Å². The van der Waals surface area contributed by atoms with Gasteiger partial charge in [-0.1, -0.05) is 18.9 Å². The molecule has 0 aliphatic heterocycles. The summed E-state index contributed by atoms with van der Waals surface area (Å²) in [6.45, 7) is 0. The maximum atomic E-state index is 13.7. The predicted octanol–water partition coefficient (Wildman–Crippen LogP) is 2.88. The molecule has 1 aliphatic carbocycles. The quantitative estimate of drug-likeness (QED) is 0.600. The molecule has 1 unspecified atom stereocenters. The van der Waals surface area contributed by atoms with Crippen LogP contribution in [0.1, 0.15) is 31.2 Å². The molecule has 1 aliphatic rings. The van der Waals surface area contributed by atoms with E-state index in [0.29, 0.717) is 0 Å². The molecular weight excluding hydrogens is 275 g/mol. The van der Waals surface area contributed by atoms with E-state index >= 15 is 0 Å². The molecule has 1 fully saturated rings. The van der Waals surface area contributed by atoms with Crippen LogP contribution < -0.4 is 16.0 Å². The summed E-state index contributed by atoms with van der Waals surface area (Å²) in [6, 6.07) is 5.27. The van der Waals surface area contributed by atoms with Crippen molar-refractivity contribution in [2.45, 2.75) is 43.4 Å². The Kier molecular flexibility index (Phi) is 6.13. The Bertz CT molecular complexity index is 424. The van der Waals surface area contributed by atoms with Crippen LogP contribution >= 0.6 is 11.8 Å². The standard InChI is InChI=1S/C15H23FN2OS/c1-19-15-7-6-11(9-14(15)16)8-12(18-17)10-20-13-4-2-3-5-13/h6-7,9,12-13,18H,2-5,8,10,17H2,1H3. The van der Waals surface area contributed by atoms with Gasteiger partial charge in [0, 0.05) is 17.0 Å². The van der Waals surface area contributed by atoms with Gasteiger partial charge in [0.1, 0.15) is 0 Å². The third-order valence-corrected chi connectivity index (χ3v) is 5.31. The molecule has 3 nitrogen and oxygen atoms in total. The Hall–Kier alpha value is -0.780. The van der Waals surface area contributed by atoms with Crippen molar-refractivity contribution in [1.82, 2.24) is 5.43 Å². The minimum absolute atomic E-state index is 0.174. The third-order valence-electron chi connectivity index (χ3n) is 3.77. The second kappa shape index (κ2) is 7.86. The van der Waals surface area contributed by atoms with E-state index in [2.05, 4.69) is 5.43 Å². The summed E-state index contributed by atoms with van der Waals surface area (Å²) in [5.41, 5.74) is 3.79. The normalized spacial score (nSPS) is 17.4. The first-order valence-electron chi connectivity index (χ1n) is 7.13. The smallest absolute Gasteiger partial charge is 0.165 e. The fraction of sp³-hybridized carbons (Fsp3) is 0.600. The van der Waals surface area contributed by atoms with Crippen LogP contribution in [0, 0.1) is 5.82 Å². The Balaban J connectivity index is 1.86. The number of halogens is 1. The van der Waals surface area contributed by atoms with Crippen molar-refractivity contribution in [3.05, 3.63) is 29.6 Å². The van der Waals surface area contributed by atoms with Gasteiger partial charge in [-0.05, 0) is 37.0 Å². The van der Waals surface area contributed by atoms with Crippen molar-refractivity contribution in [3.63, 3.8) is 0 Å². The highest BCUT2D eigenvalue weighted by molar-refractivity contribution is 7.99. The number of nitrogens with one attached hydrogen (secondary N) is 1. The van der Waals surface area contributed by atoms with Crippen molar-refractivity contribution in [1.29, 1.82) is 0 Å². The second-order valence-electron chi connectivity index (χ2n) is 5.28.